The Morgan fingerprint density at radius 1 is 1.28 bits per heavy atom. The van der Waals surface area contributed by atoms with Crippen molar-refractivity contribution in [2.24, 2.45) is 5.92 Å². The van der Waals surface area contributed by atoms with Gasteiger partial charge in [-0.25, -0.2) is 12.8 Å². The molecule has 1 saturated carbocycles. The van der Waals surface area contributed by atoms with E-state index in [2.05, 4.69) is 15.4 Å². The molecule has 3 unspecified atom stereocenters. The average Bonchev–Trinajstić information content (AvgIpc) is 2.93. The molecule has 1 heterocycles. The van der Waals surface area contributed by atoms with E-state index in [1.165, 1.54) is 25.0 Å². The maximum atomic E-state index is 13.7. The second-order valence-corrected chi connectivity index (χ2v) is 8.41. The number of fused-ring (bicyclic) bond motifs is 1. The predicted octanol–water partition coefficient (Wildman–Crippen LogP) is 2.48. The zero-order valence-corrected chi connectivity index (χ0v) is 15.6. The lowest BCUT2D eigenvalue weighted by Crippen LogP contribution is -2.39. The number of carbonyl (C=O) groups is 1. The summed E-state index contributed by atoms with van der Waals surface area (Å²) in [6.45, 7) is 0. The minimum absolute atomic E-state index is 0. The molecule has 1 aliphatic carbocycles. The Kier molecular flexibility index (Phi) is 6.29. The molecule has 140 valence electrons. The lowest BCUT2D eigenvalue weighted by molar-refractivity contribution is -0.117. The number of carbonyl (C=O) groups excluding carboxylic acids is 1. The van der Waals surface area contributed by atoms with Crippen LogP contribution in [0.2, 0.25) is 0 Å². The molecule has 0 spiro atoms. The van der Waals surface area contributed by atoms with Gasteiger partial charge in [-0.3, -0.25) is 9.52 Å². The van der Waals surface area contributed by atoms with E-state index in [1.807, 2.05) is 0 Å². The Morgan fingerprint density at radius 3 is 2.68 bits per heavy atom. The van der Waals surface area contributed by atoms with Gasteiger partial charge < -0.3 is 10.6 Å². The van der Waals surface area contributed by atoms with Crippen LogP contribution in [-0.2, 0) is 14.8 Å². The van der Waals surface area contributed by atoms with Crippen LogP contribution >= 0.6 is 12.4 Å². The molecular formula is C16H23ClFN3O3S. The van der Waals surface area contributed by atoms with Crippen molar-refractivity contribution in [2.75, 3.05) is 16.3 Å². The number of sulfonamides is 1. The largest absolute Gasteiger partial charge is 0.325 e. The van der Waals surface area contributed by atoms with Gasteiger partial charge in [0.2, 0.25) is 15.9 Å². The lowest BCUT2D eigenvalue weighted by Gasteiger charge is -2.24. The molecule has 9 heteroatoms. The molecule has 0 bridgehead atoms. The zero-order valence-electron chi connectivity index (χ0n) is 13.9. The Morgan fingerprint density at radius 2 is 2.00 bits per heavy atom. The number of halogens is 2. The third-order valence-electron chi connectivity index (χ3n) is 4.71. The highest BCUT2D eigenvalue weighted by Gasteiger charge is 2.38. The van der Waals surface area contributed by atoms with Gasteiger partial charge in [0.15, 0.2) is 0 Å². The summed E-state index contributed by atoms with van der Waals surface area (Å²) in [5.74, 6) is -0.310. The smallest absolute Gasteiger partial charge is 0.241 e. The molecule has 2 fully saturated rings. The number of rotatable bonds is 4. The number of hydrogen-bond acceptors (Lipinski definition) is 4. The number of hydrogen-bond donors (Lipinski definition) is 3. The fourth-order valence-electron chi connectivity index (χ4n) is 3.63. The van der Waals surface area contributed by atoms with E-state index >= 15 is 0 Å². The topological polar surface area (TPSA) is 87.3 Å². The molecular weight excluding hydrogens is 369 g/mol. The third-order valence-corrected chi connectivity index (χ3v) is 5.30. The van der Waals surface area contributed by atoms with E-state index < -0.39 is 15.8 Å². The summed E-state index contributed by atoms with van der Waals surface area (Å²) in [6, 6.07) is 3.99. The van der Waals surface area contributed by atoms with Gasteiger partial charge in [-0.05, 0) is 43.4 Å². The lowest BCUT2D eigenvalue weighted by atomic mass is 9.85. The van der Waals surface area contributed by atoms with Gasteiger partial charge in [0.05, 0.1) is 18.0 Å². The molecule has 6 nitrogen and oxygen atoms in total. The molecule has 1 aliphatic heterocycles. The first kappa shape index (κ1) is 19.9. The van der Waals surface area contributed by atoms with Crippen LogP contribution in [0, 0.1) is 11.7 Å². The standard InChI is InChI=1S/C16H22FN3O3S.ClH/c1-24(22,23)20-14-9-11(6-7-12(14)17)18-16(21)15-8-10-4-2-3-5-13(10)19-15;/h6-7,9-10,13,15,19-20H,2-5,8H2,1H3,(H,18,21);1H. The van der Waals surface area contributed by atoms with Crippen molar-refractivity contribution in [1.29, 1.82) is 0 Å². The highest BCUT2D eigenvalue weighted by atomic mass is 35.5. The summed E-state index contributed by atoms with van der Waals surface area (Å²) in [7, 11) is -3.59. The number of anilines is 2. The summed E-state index contributed by atoms with van der Waals surface area (Å²) in [5, 5.41) is 6.12. The summed E-state index contributed by atoms with van der Waals surface area (Å²) in [4.78, 5) is 12.4. The minimum atomic E-state index is -3.59. The second-order valence-electron chi connectivity index (χ2n) is 6.66. The highest BCUT2D eigenvalue weighted by Crippen LogP contribution is 2.33. The Hall–Kier alpha value is -1.38. The first-order valence-electron chi connectivity index (χ1n) is 8.16. The Bertz CT molecular complexity index is 730. The molecule has 0 radical (unpaired) electrons. The molecule has 25 heavy (non-hydrogen) atoms. The van der Waals surface area contributed by atoms with E-state index in [9.17, 15) is 17.6 Å². The van der Waals surface area contributed by atoms with Crippen molar-refractivity contribution in [1.82, 2.24) is 5.32 Å². The number of benzene rings is 1. The van der Waals surface area contributed by atoms with Gasteiger partial charge in [0.25, 0.3) is 0 Å². The van der Waals surface area contributed by atoms with E-state index in [1.54, 1.807) is 0 Å². The summed E-state index contributed by atoms with van der Waals surface area (Å²) in [6.07, 6.45) is 6.43. The van der Waals surface area contributed by atoms with Crippen molar-refractivity contribution in [3.63, 3.8) is 0 Å². The van der Waals surface area contributed by atoms with E-state index in [-0.39, 0.29) is 30.0 Å². The van der Waals surface area contributed by atoms with Crippen LogP contribution in [0.25, 0.3) is 0 Å². The maximum Gasteiger partial charge on any atom is 0.241 e. The predicted molar refractivity (Wildman–Crippen MR) is 98.0 cm³/mol. The maximum absolute atomic E-state index is 13.7. The van der Waals surface area contributed by atoms with E-state index in [0.717, 1.165) is 31.6 Å². The first-order valence-corrected chi connectivity index (χ1v) is 10.1. The van der Waals surface area contributed by atoms with Gasteiger partial charge in [-0.15, -0.1) is 12.4 Å². The summed E-state index contributed by atoms with van der Waals surface area (Å²) in [5.41, 5.74) is 0.188. The molecule has 3 atom stereocenters. The van der Waals surface area contributed by atoms with E-state index in [0.29, 0.717) is 17.6 Å². The number of nitrogens with one attached hydrogen (secondary N) is 3. The Balaban J connectivity index is 0.00000225. The first-order chi connectivity index (χ1) is 11.3. The molecule has 3 N–H and O–H groups in total. The van der Waals surface area contributed by atoms with Gasteiger partial charge in [-0.2, -0.15) is 0 Å². The van der Waals surface area contributed by atoms with E-state index in [4.69, 9.17) is 0 Å². The van der Waals surface area contributed by atoms with Gasteiger partial charge >= 0.3 is 0 Å². The van der Waals surface area contributed by atoms with Gasteiger partial charge in [0, 0.05) is 11.7 Å². The molecule has 2 aliphatic rings. The van der Waals surface area contributed by atoms with Gasteiger partial charge in [0.1, 0.15) is 5.82 Å². The minimum Gasteiger partial charge on any atom is -0.325 e. The Labute approximate surface area is 153 Å². The van der Waals surface area contributed by atoms with Crippen LogP contribution in [0.4, 0.5) is 15.8 Å². The SMILES string of the molecule is CS(=O)(=O)Nc1cc(NC(=O)C2CC3CCCCC3N2)ccc1F.Cl. The van der Waals surface area contributed by atoms with Crippen LogP contribution < -0.4 is 15.4 Å². The average molecular weight is 392 g/mol. The van der Waals surface area contributed by atoms with Crippen molar-refractivity contribution in [3.8, 4) is 0 Å². The molecule has 1 aromatic rings. The van der Waals surface area contributed by atoms with Crippen molar-refractivity contribution in [3.05, 3.63) is 24.0 Å². The van der Waals surface area contributed by atoms with Crippen LogP contribution in [-0.4, -0.2) is 32.7 Å². The van der Waals surface area contributed by atoms with Crippen molar-refractivity contribution < 1.29 is 17.6 Å². The normalized spacial score (nSPS) is 25.6. The zero-order chi connectivity index (χ0) is 17.3. The molecule has 1 saturated heterocycles. The highest BCUT2D eigenvalue weighted by molar-refractivity contribution is 7.92. The van der Waals surface area contributed by atoms with Crippen LogP contribution in [0.15, 0.2) is 18.2 Å². The van der Waals surface area contributed by atoms with Crippen LogP contribution in [0.3, 0.4) is 0 Å². The summed E-state index contributed by atoms with van der Waals surface area (Å²) < 4.78 is 38.3. The second kappa shape index (κ2) is 7.88. The molecule has 1 amide bonds. The number of amides is 1. The molecule has 0 aromatic heterocycles. The summed E-state index contributed by atoms with van der Waals surface area (Å²) >= 11 is 0. The third kappa shape index (κ3) is 5.05. The van der Waals surface area contributed by atoms with Crippen molar-refractivity contribution >= 4 is 39.7 Å². The fourth-order valence-corrected chi connectivity index (χ4v) is 4.19. The van der Waals surface area contributed by atoms with Gasteiger partial charge in [-0.1, -0.05) is 12.8 Å². The van der Waals surface area contributed by atoms with Crippen molar-refractivity contribution in [2.45, 2.75) is 44.2 Å². The molecule has 1 aromatic carbocycles. The van der Waals surface area contributed by atoms with Crippen LogP contribution in [0.1, 0.15) is 32.1 Å². The monoisotopic (exact) mass is 391 g/mol. The quantitative estimate of drug-likeness (QED) is 0.735. The molecule has 3 rings (SSSR count). The van der Waals surface area contributed by atoms with Crippen LogP contribution in [0.5, 0.6) is 0 Å². The fraction of sp³-hybridized carbons (Fsp3) is 0.562.